The number of rotatable bonds is 0. The monoisotopic (exact) mass is 142 g/mol. The number of likely N-dealkylation sites (N-methyl/N-ethyl adjacent to an activating group) is 1. The van der Waals surface area contributed by atoms with E-state index in [1.54, 1.807) is 0 Å². The van der Waals surface area contributed by atoms with Crippen molar-refractivity contribution in [3.63, 3.8) is 0 Å². The topological polar surface area (TPSA) is 30.9 Å². The molecule has 0 spiro atoms. The zero-order chi connectivity index (χ0) is 7.40. The normalized spacial score (nSPS) is 20.6. The van der Waals surface area contributed by atoms with Crippen LogP contribution < -0.4 is 5.32 Å². The summed E-state index contributed by atoms with van der Waals surface area (Å²) < 4.78 is 0. The first kappa shape index (κ1) is 7.34. The van der Waals surface area contributed by atoms with E-state index in [4.69, 9.17) is 0 Å². The average molecular weight is 142 g/mol. The Morgan fingerprint density at radius 3 is 3.10 bits per heavy atom. The van der Waals surface area contributed by atoms with Crippen molar-refractivity contribution < 1.29 is 0 Å². The van der Waals surface area contributed by atoms with Crippen molar-refractivity contribution in [1.29, 1.82) is 0 Å². The molecular weight excluding hydrogens is 128 g/mol. The summed E-state index contributed by atoms with van der Waals surface area (Å²) in [7, 11) is 3.97. The maximum Gasteiger partial charge on any atom is 0.111 e. The highest BCUT2D eigenvalue weighted by Gasteiger charge is 1.97. The zero-order valence-electron chi connectivity index (χ0n) is 6.54. The molecule has 0 aliphatic carbocycles. The van der Waals surface area contributed by atoms with E-state index in [0.29, 0.717) is 0 Å². The molecule has 0 aromatic heterocycles. The fraction of sp³-hybridized carbons (Fsp3) is 0.833. The molecule has 1 rings (SSSR count). The third-order valence-electron chi connectivity index (χ3n) is 1.43. The van der Waals surface area contributed by atoms with Crippen LogP contribution in [0.3, 0.4) is 0 Å². The Hall–Kier alpha value is -0.770. The number of nitrogens with zero attached hydrogens (tertiary/aromatic N) is 3. The molecule has 0 atom stereocenters. The lowest BCUT2D eigenvalue weighted by molar-refractivity contribution is 0.298. The lowest BCUT2D eigenvalue weighted by Crippen LogP contribution is -2.37. The summed E-state index contributed by atoms with van der Waals surface area (Å²) in [5.41, 5.74) is 0. The van der Waals surface area contributed by atoms with Crippen LogP contribution in [0.2, 0.25) is 0 Å². The second-order valence-corrected chi connectivity index (χ2v) is 2.53. The molecule has 0 unspecified atom stereocenters. The van der Waals surface area contributed by atoms with E-state index in [-0.39, 0.29) is 0 Å². The molecule has 0 amide bonds. The van der Waals surface area contributed by atoms with Gasteiger partial charge in [-0.2, -0.15) is 5.10 Å². The molecule has 0 fully saturated rings. The molecule has 0 aromatic carbocycles. The Labute approximate surface area is 61.5 Å². The van der Waals surface area contributed by atoms with E-state index in [1.807, 2.05) is 25.4 Å². The molecule has 1 aliphatic heterocycles. The van der Waals surface area contributed by atoms with Crippen LogP contribution in [-0.2, 0) is 0 Å². The highest BCUT2D eigenvalue weighted by atomic mass is 15.5. The summed E-state index contributed by atoms with van der Waals surface area (Å²) in [6.45, 7) is 2.88. The molecule has 0 bridgehead atoms. The number of hydrogen-bond acceptors (Lipinski definition) is 4. The average Bonchev–Trinajstić information content (AvgIpc) is 1.90. The predicted octanol–water partition coefficient (Wildman–Crippen LogP) is -0.646. The Kier molecular flexibility index (Phi) is 2.50. The minimum atomic E-state index is 0.838. The van der Waals surface area contributed by atoms with Gasteiger partial charge < -0.3 is 4.90 Å². The van der Waals surface area contributed by atoms with Gasteiger partial charge in [-0.05, 0) is 0 Å². The first-order valence-corrected chi connectivity index (χ1v) is 3.45. The van der Waals surface area contributed by atoms with E-state index < -0.39 is 0 Å². The molecule has 1 heterocycles. The molecule has 10 heavy (non-hydrogen) atoms. The Balaban J connectivity index is 2.42. The fourth-order valence-corrected chi connectivity index (χ4v) is 0.771. The molecule has 58 valence electrons. The highest BCUT2D eigenvalue weighted by Crippen LogP contribution is 1.84. The van der Waals surface area contributed by atoms with Gasteiger partial charge in [0.2, 0.25) is 0 Å². The Morgan fingerprint density at radius 2 is 2.30 bits per heavy atom. The summed E-state index contributed by atoms with van der Waals surface area (Å²) in [4.78, 5) is 2.06. The molecule has 1 aliphatic rings. The van der Waals surface area contributed by atoms with Crippen LogP contribution in [0.15, 0.2) is 5.10 Å². The van der Waals surface area contributed by atoms with Crippen molar-refractivity contribution in [2.75, 3.05) is 33.9 Å². The quantitative estimate of drug-likeness (QED) is 0.488. The third kappa shape index (κ3) is 2.23. The summed E-state index contributed by atoms with van der Waals surface area (Å²) in [5, 5.41) is 9.25. The van der Waals surface area contributed by atoms with Crippen molar-refractivity contribution in [2.24, 2.45) is 5.10 Å². The Morgan fingerprint density at radius 1 is 1.50 bits per heavy atom. The summed E-state index contributed by atoms with van der Waals surface area (Å²) in [6, 6.07) is 0. The molecular formula is C6H14N4. The number of hydrazone groups is 1. The SMILES string of the molecule is CN1C=NN(C)CNCC1. The van der Waals surface area contributed by atoms with Crippen LogP contribution in [0, 0.1) is 0 Å². The van der Waals surface area contributed by atoms with Crippen molar-refractivity contribution in [3.8, 4) is 0 Å². The van der Waals surface area contributed by atoms with E-state index in [9.17, 15) is 0 Å². The van der Waals surface area contributed by atoms with Crippen LogP contribution >= 0.6 is 0 Å². The van der Waals surface area contributed by atoms with Crippen LogP contribution in [0.5, 0.6) is 0 Å². The molecule has 0 aromatic rings. The number of nitrogens with one attached hydrogen (secondary N) is 1. The standard InChI is InChI=1S/C6H14N4/c1-9-4-3-7-5-10(2)8-6-9/h6-7H,3-5H2,1-2H3. The number of hydrogen-bond donors (Lipinski definition) is 1. The van der Waals surface area contributed by atoms with Gasteiger partial charge in [-0.3, -0.25) is 10.3 Å². The zero-order valence-corrected chi connectivity index (χ0v) is 6.54. The van der Waals surface area contributed by atoms with Crippen LogP contribution in [0.1, 0.15) is 0 Å². The van der Waals surface area contributed by atoms with Crippen molar-refractivity contribution in [1.82, 2.24) is 15.2 Å². The first-order chi connectivity index (χ1) is 4.79. The van der Waals surface area contributed by atoms with Gasteiger partial charge in [-0.1, -0.05) is 0 Å². The third-order valence-corrected chi connectivity index (χ3v) is 1.43. The van der Waals surface area contributed by atoms with Gasteiger partial charge in [0.25, 0.3) is 0 Å². The van der Waals surface area contributed by atoms with Gasteiger partial charge in [0.1, 0.15) is 6.34 Å². The van der Waals surface area contributed by atoms with Crippen LogP contribution in [0.25, 0.3) is 0 Å². The van der Waals surface area contributed by atoms with Crippen molar-refractivity contribution in [3.05, 3.63) is 0 Å². The van der Waals surface area contributed by atoms with Gasteiger partial charge in [-0.15, -0.1) is 0 Å². The largest absolute Gasteiger partial charge is 0.363 e. The minimum absolute atomic E-state index is 0.838. The Bertz CT molecular complexity index is 109. The van der Waals surface area contributed by atoms with Gasteiger partial charge in [0, 0.05) is 27.2 Å². The van der Waals surface area contributed by atoms with Crippen LogP contribution in [0.4, 0.5) is 0 Å². The van der Waals surface area contributed by atoms with Crippen LogP contribution in [-0.4, -0.2) is 50.1 Å². The lowest BCUT2D eigenvalue weighted by Gasteiger charge is -2.21. The molecule has 0 saturated heterocycles. The van der Waals surface area contributed by atoms with E-state index in [1.165, 1.54) is 0 Å². The lowest BCUT2D eigenvalue weighted by atomic mass is 10.5. The molecule has 0 radical (unpaired) electrons. The smallest absolute Gasteiger partial charge is 0.111 e. The van der Waals surface area contributed by atoms with E-state index >= 15 is 0 Å². The van der Waals surface area contributed by atoms with Gasteiger partial charge in [0.05, 0.1) is 6.67 Å². The maximum absolute atomic E-state index is 4.14. The van der Waals surface area contributed by atoms with E-state index in [2.05, 4.69) is 15.3 Å². The molecule has 0 saturated carbocycles. The van der Waals surface area contributed by atoms with E-state index in [0.717, 1.165) is 19.8 Å². The van der Waals surface area contributed by atoms with Crippen molar-refractivity contribution in [2.45, 2.75) is 0 Å². The molecule has 4 nitrogen and oxygen atoms in total. The first-order valence-electron chi connectivity index (χ1n) is 3.45. The molecule has 4 heteroatoms. The summed E-state index contributed by atoms with van der Waals surface area (Å²) in [5.74, 6) is 0. The molecule has 1 N–H and O–H groups in total. The van der Waals surface area contributed by atoms with Gasteiger partial charge in [-0.25, -0.2) is 0 Å². The summed E-state index contributed by atoms with van der Waals surface area (Å²) >= 11 is 0. The van der Waals surface area contributed by atoms with Gasteiger partial charge >= 0.3 is 0 Å². The minimum Gasteiger partial charge on any atom is -0.363 e. The fourth-order valence-electron chi connectivity index (χ4n) is 0.771. The highest BCUT2D eigenvalue weighted by molar-refractivity contribution is 5.53. The second kappa shape index (κ2) is 3.41. The second-order valence-electron chi connectivity index (χ2n) is 2.53. The predicted molar refractivity (Wildman–Crippen MR) is 41.8 cm³/mol. The summed E-state index contributed by atoms with van der Waals surface area (Å²) in [6.07, 6.45) is 1.85. The van der Waals surface area contributed by atoms with Crippen molar-refractivity contribution >= 4 is 6.34 Å². The maximum atomic E-state index is 4.14. The van der Waals surface area contributed by atoms with Gasteiger partial charge in [0.15, 0.2) is 0 Å².